The van der Waals surface area contributed by atoms with Crippen LogP contribution in [0.2, 0.25) is 5.02 Å². The molecule has 1 aromatic rings. The molecule has 0 aromatic heterocycles. The number of hydrogen-bond acceptors (Lipinski definition) is 3. The van der Waals surface area contributed by atoms with Crippen LogP contribution in [0.15, 0.2) is 29.2 Å². The van der Waals surface area contributed by atoms with Crippen LogP contribution in [0.1, 0.15) is 6.42 Å². The molecule has 0 radical (unpaired) electrons. The van der Waals surface area contributed by atoms with Crippen LogP contribution in [0, 0.1) is 0 Å². The highest BCUT2D eigenvalue weighted by atomic mass is 35.5. The standard InChI is InChI=1S/C11H11ClF3NO2S/c12-8-1-3-9(4-2-8)19-6-5-10(17)16-18-7-11(13,14)15/h1-4H,5-7H2,(H,16,17). The molecule has 1 rings (SSSR count). The summed E-state index contributed by atoms with van der Waals surface area (Å²) in [7, 11) is 0. The first kappa shape index (κ1) is 16.1. The molecule has 0 aliphatic heterocycles. The van der Waals surface area contributed by atoms with E-state index >= 15 is 0 Å². The maximum atomic E-state index is 11.7. The van der Waals surface area contributed by atoms with Crippen molar-refractivity contribution in [2.45, 2.75) is 17.5 Å². The van der Waals surface area contributed by atoms with E-state index in [4.69, 9.17) is 11.6 Å². The average molecular weight is 314 g/mol. The van der Waals surface area contributed by atoms with Crippen molar-refractivity contribution >= 4 is 29.3 Å². The monoisotopic (exact) mass is 313 g/mol. The largest absolute Gasteiger partial charge is 0.414 e. The lowest BCUT2D eigenvalue weighted by atomic mass is 10.4. The molecular weight excluding hydrogens is 303 g/mol. The molecule has 1 aromatic carbocycles. The maximum Gasteiger partial charge on any atom is 0.414 e. The first-order valence-electron chi connectivity index (χ1n) is 5.22. The third-order valence-corrected chi connectivity index (χ3v) is 3.10. The van der Waals surface area contributed by atoms with Gasteiger partial charge in [-0.25, -0.2) is 5.48 Å². The Kier molecular flexibility index (Phi) is 6.47. The predicted molar refractivity (Wildman–Crippen MR) is 66.9 cm³/mol. The molecule has 0 unspecified atom stereocenters. The summed E-state index contributed by atoms with van der Waals surface area (Å²) < 4.78 is 35.2. The molecule has 0 fully saturated rings. The molecule has 0 spiro atoms. The van der Waals surface area contributed by atoms with Gasteiger partial charge >= 0.3 is 6.18 Å². The van der Waals surface area contributed by atoms with E-state index < -0.39 is 18.7 Å². The van der Waals surface area contributed by atoms with E-state index in [1.165, 1.54) is 11.8 Å². The second kappa shape index (κ2) is 7.62. The van der Waals surface area contributed by atoms with Crippen LogP contribution >= 0.6 is 23.4 Å². The predicted octanol–water partition coefficient (Wildman–Crippen LogP) is 3.43. The molecule has 3 nitrogen and oxygen atoms in total. The Hall–Kier alpha value is -0.920. The molecule has 1 amide bonds. The first-order chi connectivity index (χ1) is 8.87. The van der Waals surface area contributed by atoms with Crippen LogP contribution in [0.4, 0.5) is 13.2 Å². The summed E-state index contributed by atoms with van der Waals surface area (Å²) in [5.41, 5.74) is 1.74. The maximum absolute atomic E-state index is 11.7. The van der Waals surface area contributed by atoms with Crippen molar-refractivity contribution in [1.82, 2.24) is 5.48 Å². The van der Waals surface area contributed by atoms with Gasteiger partial charge in [0.1, 0.15) is 0 Å². The fourth-order valence-corrected chi connectivity index (χ4v) is 2.02. The summed E-state index contributed by atoms with van der Waals surface area (Å²) in [6.07, 6.45) is -4.39. The van der Waals surface area contributed by atoms with Gasteiger partial charge in [-0.3, -0.25) is 9.63 Å². The summed E-state index contributed by atoms with van der Waals surface area (Å²) >= 11 is 7.11. The zero-order valence-electron chi connectivity index (χ0n) is 9.67. The number of halogens is 4. The summed E-state index contributed by atoms with van der Waals surface area (Å²) in [5.74, 6) is -0.159. The molecule has 8 heteroatoms. The minimum Gasteiger partial charge on any atom is -0.273 e. The summed E-state index contributed by atoms with van der Waals surface area (Å²) in [4.78, 5) is 16.1. The minimum absolute atomic E-state index is 0.0607. The highest BCUT2D eigenvalue weighted by Crippen LogP contribution is 2.20. The van der Waals surface area contributed by atoms with E-state index in [0.717, 1.165) is 4.90 Å². The van der Waals surface area contributed by atoms with Crippen molar-refractivity contribution in [3.8, 4) is 0 Å². The summed E-state index contributed by atoms with van der Waals surface area (Å²) in [6.45, 7) is -1.50. The fourth-order valence-electron chi connectivity index (χ4n) is 1.04. The molecule has 0 aliphatic rings. The van der Waals surface area contributed by atoms with E-state index in [9.17, 15) is 18.0 Å². The molecule has 19 heavy (non-hydrogen) atoms. The highest BCUT2D eigenvalue weighted by Gasteiger charge is 2.28. The second-order valence-corrected chi connectivity index (χ2v) is 5.09. The number of amides is 1. The van der Waals surface area contributed by atoms with Crippen LogP contribution in [-0.4, -0.2) is 24.4 Å². The Bertz CT molecular complexity index is 411. The normalized spacial score (nSPS) is 11.4. The topological polar surface area (TPSA) is 38.3 Å². The van der Waals surface area contributed by atoms with Gasteiger partial charge in [-0.05, 0) is 24.3 Å². The Balaban J connectivity index is 2.15. The number of rotatable bonds is 6. The number of hydrogen-bond donors (Lipinski definition) is 1. The number of hydroxylamine groups is 1. The summed E-state index contributed by atoms with van der Waals surface area (Å²) in [6, 6.07) is 7.03. The van der Waals surface area contributed by atoms with Crippen molar-refractivity contribution < 1.29 is 22.8 Å². The molecule has 0 heterocycles. The van der Waals surface area contributed by atoms with E-state index in [1.807, 2.05) is 0 Å². The Morgan fingerprint density at radius 1 is 1.32 bits per heavy atom. The van der Waals surface area contributed by atoms with Gasteiger partial charge < -0.3 is 0 Å². The molecular formula is C11H11ClF3NO2S. The number of nitrogens with one attached hydrogen (secondary N) is 1. The minimum atomic E-state index is -4.45. The van der Waals surface area contributed by atoms with Gasteiger partial charge in [0.15, 0.2) is 6.61 Å². The quantitative estimate of drug-likeness (QED) is 0.646. The van der Waals surface area contributed by atoms with Crippen LogP contribution in [0.3, 0.4) is 0 Å². The number of benzene rings is 1. The van der Waals surface area contributed by atoms with E-state index in [-0.39, 0.29) is 6.42 Å². The lowest BCUT2D eigenvalue weighted by molar-refractivity contribution is -0.191. The van der Waals surface area contributed by atoms with Crippen LogP contribution < -0.4 is 5.48 Å². The van der Waals surface area contributed by atoms with Crippen LogP contribution in [0.25, 0.3) is 0 Å². The van der Waals surface area contributed by atoms with E-state index in [0.29, 0.717) is 10.8 Å². The lowest BCUT2D eigenvalue weighted by Gasteiger charge is -2.08. The van der Waals surface area contributed by atoms with Crippen molar-refractivity contribution in [2.24, 2.45) is 0 Å². The Labute approximate surface area is 117 Å². The van der Waals surface area contributed by atoms with Crippen LogP contribution in [0.5, 0.6) is 0 Å². The molecule has 106 valence electrons. The van der Waals surface area contributed by atoms with Crippen LogP contribution in [-0.2, 0) is 9.63 Å². The van der Waals surface area contributed by atoms with Gasteiger partial charge in [0, 0.05) is 22.1 Å². The highest BCUT2D eigenvalue weighted by molar-refractivity contribution is 7.99. The Morgan fingerprint density at radius 2 is 1.95 bits per heavy atom. The molecule has 0 aliphatic carbocycles. The van der Waals surface area contributed by atoms with Crippen molar-refractivity contribution in [2.75, 3.05) is 12.4 Å². The van der Waals surface area contributed by atoms with Gasteiger partial charge in [-0.2, -0.15) is 13.2 Å². The average Bonchev–Trinajstić information content (AvgIpc) is 2.30. The Morgan fingerprint density at radius 3 is 2.53 bits per heavy atom. The van der Waals surface area contributed by atoms with Crippen molar-refractivity contribution in [1.29, 1.82) is 0 Å². The van der Waals surface area contributed by atoms with Crippen molar-refractivity contribution in [3.63, 3.8) is 0 Å². The summed E-state index contributed by atoms with van der Waals surface area (Å²) in [5, 5.41) is 0.614. The number of thioether (sulfide) groups is 1. The van der Waals surface area contributed by atoms with Gasteiger partial charge in [0.25, 0.3) is 0 Å². The smallest absolute Gasteiger partial charge is 0.273 e. The fraction of sp³-hybridized carbons (Fsp3) is 0.364. The first-order valence-corrected chi connectivity index (χ1v) is 6.59. The van der Waals surface area contributed by atoms with Gasteiger partial charge in [-0.1, -0.05) is 11.6 Å². The second-order valence-electron chi connectivity index (χ2n) is 3.48. The third kappa shape index (κ3) is 7.97. The van der Waals surface area contributed by atoms with E-state index in [1.54, 1.807) is 29.7 Å². The van der Waals surface area contributed by atoms with Gasteiger partial charge in [-0.15, -0.1) is 11.8 Å². The molecule has 0 atom stereocenters. The van der Waals surface area contributed by atoms with Gasteiger partial charge in [0.2, 0.25) is 5.91 Å². The molecule has 0 saturated heterocycles. The molecule has 1 N–H and O–H groups in total. The third-order valence-electron chi connectivity index (χ3n) is 1.83. The number of alkyl halides is 3. The van der Waals surface area contributed by atoms with E-state index in [2.05, 4.69) is 4.84 Å². The number of carbonyl (C=O) groups is 1. The molecule has 0 bridgehead atoms. The molecule has 0 saturated carbocycles. The number of carbonyl (C=O) groups excluding carboxylic acids is 1. The van der Waals surface area contributed by atoms with Crippen molar-refractivity contribution in [3.05, 3.63) is 29.3 Å². The SMILES string of the molecule is O=C(CCSc1ccc(Cl)cc1)NOCC(F)(F)F. The van der Waals surface area contributed by atoms with Gasteiger partial charge in [0.05, 0.1) is 0 Å². The zero-order chi connectivity index (χ0) is 14.3. The zero-order valence-corrected chi connectivity index (χ0v) is 11.2. The lowest BCUT2D eigenvalue weighted by Crippen LogP contribution is -2.29.